The summed E-state index contributed by atoms with van der Waals surface area (Å²) in [5.74, 6) is -0.150. The van der Waals surface area contributed by atoms with E-state index in [1.165, 1.54) is 0 Å². The van der Waals surface area contributed by atoms with E-state index in [0.717, 1.165) is 35.1 Å². The van der Waals surface area contributed by atoms with Gasteiger partial charge in [0.2, 0.25) is 5.91 Å². The van der Waals surface area contributed by atoms with Crippen LogP contribution in [0.25, 0.3) is 0 Å². The molecule has 0 heterocycles. The molecule has 5 N–H and O–H groups in total. The van der Waals surface area contributed by atoms with Crippen LogP contribution in [0.4, 0.5) is 0 Å². The number of allylic oxidation sites excluding steroid dienone is 5. The van der Waals surface area contributed by atoms with Gasteiger partial charge in [-0.05, 0) is 55.9 Å². The zero-order chi connectivity index (χ0) is 18.2. The van der Waals surface area contributed by atoms with Crippen molar-refractivity contribution in [1.82, 2.24) is 5.32 Å². The summed E-state index contributed by atoms with van der Waals surface area (Å²) in [6.45, 7) is 6.66. The van der Waals surface area contributed by atoms with Crippen LogP contribution in [0.2, 0.25) is 0 Å². The minimum Gasteiger partial charge on any atom is -0.349 e. The second-order valence-corrected chi connectivity index (χ2v) is 6.51. The number of amides is 1. The van der Waals surface area contributed by atoms with Gasteiger partial charge >= 0.3 is 0 Å². The van der Waals surface area contributed by atoms with E-state index in [-0.39, 0.29) is 17.9 Å². The second-order valence-electron chi connectivity index (χ2n) is 6.51. The van der Waals surface area contributed by atoms with Gasteiger partial charge in [-0.2, -0.15) is 0 Å². The van der Waals surface area contributed by atoms with E-state index in [4.69, 9.17) is 11.5 Å². The summed E-state index contributed by atoms with van der Waals surface area (Å²) in [5.41, 5.74) is 18.7. The number of rotatable bonds is 7. The minimum absolute atomic E-state index is 0.0358. The van der Waals surface area contributed by atoms with Gasteiger partial charge < -0.3 is 16.8 Å². The fourth-order valence-corrected chi connectivity index (χ4v) is 3.36. The molecule has 2 aliphatic rings. The molecule has 0 saturated carbocycles. The molecule has 1 amide bonds. The first-order valence-electron chi connectivity index (χ1n) is 8.95. The molecule has 0 aromatic rings. The number of hydrogen-bond acceptors (Lipinski definition) is 3. The van der Waals surface area contributed by atoms with E-state index >= 15 is 0 Å². The standard InChI is InChI=1S/C21H29N3O/c1-3-16(14-23)20-13-18(10-9-15(20)2)24-21(25)19(11-12-22)17-7-5-4-6-8-17/h5,7-10,18-19H,1,4,6,11-14,22-23H2,2H3,(H,24,25). The average Bonchev–Trinajstić information content (AvgIpc) is 2.63. The van der Waals surface area contributed by atoms with Gasteiger partial charge in [0, 0.05) is 12.1 Å². The van der Waals surface area contributed by atoms with Gasteiger partial charge in [0.25, 0.3) is 0 Å². The van der Waals surface area contributed by atoms with E-state index in [2.05, 4.69) is 35.9 Å². The van der Waals surface area contributed by atoms with E-state index < -0.39 is 0 Å². The van der Waals surface area contributed by atoms with Gasteiger partial charge in [-0.15, -0.1) is 5.73 Å². The molecule has 0 spiro atoms. The van der Waals surface area contributed by atoms with Gasteiger partial charge in [0.1, 0.15) is 0 Å². The molecule has 4 nitrogen and oxygen atoms in total. The third kappa shape index (κ3) is 4.93. The summed E-state index contributed by atoms with van der Waals surface area (Å²) in [5, 5.41) is 3.16. The van der Waals surface area contributed by atoms with Gasteiger partial charge in [-0.25, -0.2) is 0 Å². The Morgan fingerprint density at radius 2 is 2.20 bits per heavy atom. The van der Waals surface area contributed by atoms with E-state index in [0.29, 0.717) is 25.9 Å². The van der Waals surface area contributed by atoms with Gasteiger partial charge in [-0.3, -0.25) is 4.79 Å². The molecule has 2 unspecified atom stereocenters. The van der Waals surface area contributed by atoms with Crippen LogP contribution in [-0.4, -0.2) is 25.0 Å². The normalized spacial score (nSPS) is 20.8. The maximum absolute atomic E-state index is 12.8. The zero-order valence-electron chi connectivity index (χ0n) is 15.1. The topological polar surface area (TPSA) is 81.1 Å². The smallest absolute Gasteiger partial charge is 0.228 e. The third-order valence-corrected chi connectivity index (χ3v) is 4.79. The lowest BCUT2D eigenvalue weighted by atomic mass is 9.88. The second kappa shape index (κ2) is 9.38. The van der Waals surface area contributed by atoms with Gasteiger partial charge in [-0.1, -0.05) is 37.0 Å². The number of carbonyl (C=O) groups excluding carboxylic acids is 1. The first-order chi connectivity index (χ1) is 12.1. The first-order valence-corrected chi connectivity index (χ1v) is 8.95. The van der Waals surface area contributed by atoms with Crippen LogP contribution in [0.5, 0.6) is 0 Å². The molecule has 2 atom stereocenters. The fraction of sp³-hybridized carbons (Fsp3) is 0.429. The Labute approximate surface area is 150 Å². The monoisotopic (exact) mass is 339 g/mol. The Bertz CT molecular complexity index is 675. The highest BCUT2D eigenvalue weighted by Crippen LogP contribution is 2.26. The zero-order valence-corrected chi connectivity index (χ0v) is 15.1. The highest BCUT2D eigenvalue weighted by atomic mass is 16.1. The molecular formula is C21H29N3O. The Morgan fingerprint density at radius 1 is 1.40 bits per heavy atom. The van der Waals surface area contributed by atoms with Crippen molar-refractivity contribution in [2.24, 2.45) is 17.4 Å². The third-order valence-electron chi connectivity index (χ3n) is 4.79. The maximum Gasteiger partial charge on any atom is 0.228 e. The summed E-state index contributed by atoms with van der Waals surface area (Å²) in [6, 6.07) is -0.0467. The molecule has 25 heavy (non-hydrogen) atoms. The van der Waals surface area contributed by atoms with Crippen molar-refractivity contribution in [3.05, 3.63) is 65.0 Å². The molecule has 2 aliphatic carbocycles. The summed E-state index contributed by atoms with van der Waals surface area (Å²) in [6.07, 6.45) is 13.8. The number of hydrogen-bond donors (Lipinski definition) is 3. The van der Waals surface area contributed by atoms with Crippen molar-refractivity contribution < 1.29 is 4.79 Å². The first kappa shape index (κ1) is 19.2. The Morgan fingerprint density at radius 3 is 2.80 bits per heavy atom. The van der Waals surface area contributed by atoms with Crippen molar-refractivity contribution in [2.45, 2.75) is 38.6 Å². The highest BCUT2D eigenvalue weighted by molar-refractivity contribution is 5.83. The Kier molecular flexibility index (Phi) is 7.20. The van der Waals surface area contributed by atoms with Crippen molar-refractivity contribution in [2.75, 3.05) is 13.1 Å². The van der Waals surface area contributed by atoms with Crippen LogP contribution < -0.4 is 16.8 Å². The summed E-state index contributed by atoms with van der Waals surface area (Å²) in [4.78, 5) is 12.8. The predicted octanol–water partition coefficient (Wildman–Crippen LogP) is 2.66. The van der Waals surface area contributed by atoms with Crippen LogP contribution in [0.3, 0.4) is 0 Å². The SMILES string of the molecule is C=C=C(CN)C1=C(C)C=CC(NC(=O)C(CCN)C2=CCCC=C2)C1. The van der Waals surface area contributed by atoms with Gasteiger partial charge in [0.05, 0.1) is 12.0 Å². The fourth-order valence-electron chi connectivity index (χ4n) is 3.36. The summed E-state index contributed by atoms with van der Waals surface area (Å²) in [7, 11) is 0. The number of nitrogens with one attached hydrogen (secondary N) is 1. The molecule has 4 heteroatoms. The van der Waals surface area contributed by atoms with Crippen LogP contribution in [0.1, 0.15) is 32.6 Å². The van der Waals surface area contributed by atoms with Crippen LogP contribution in [0, 0.1) is 5.92 Å². The van der Waals surface area contributed by atoms with Crippen molar-refractivity contribution in [1.29, 1.82) is 0 Å². The molecule has 134 valence electrons. The molecule has 0 aliphatic heterocycles. The maximum atomic E-state index is 12.8. The summed E-state index contributed by atoms with van der Waals surface area (Å²) < 4.78 is 0. The molecule has 0 bridgehead atoms. The lowest BCUT2D eigenvalue weighted by Gasteiger charge is -2.26. The lowest BCUT2D eigenvalue weighted by molar-refractivity contribution is -0.124. The van der Waals surface area contributed by atoms with Crippen molar-refractivity contribution in [3.63, 3.8) is 0 Å². The molecule has 2 rings (SSSR count). The average molecular weight is 339 g/mol. The largest absolute Gasteiger partial charge is 0.349 e. The molecule has 0 aromatic heterocycles. The molecule has 0 fully saturated rings. The van der Waals surface area contributed by atoms with Gasteiger partial charge in [0.15, 0.2) is 0 Å². The van der Waals surface area contributed by atoms with E-state index in [1.54, 1.807) is 0 Å². The Balaban J connectivity index is 2.09. The highest BCUT2D eigenvalue weighted by Gasteiger charge is 2.25. The molecule has 0 radical (unpaired) electrons. The predicted molar refractivity (Wildman–Crippen MR) is 104 cm³/mol. The van der Waals surface area contributed by atoms with E-state index in [1.807, 2.05) is 19.1 Å². The van der Waals surface area contributed by atoms with Crippen molar-refractivity contribution >= 4 is 5.91 Å². The molecular weight excluding hydrogens is 310 g/mol. The molecule has 0 aromatic carbocycles. The van der Waals surface area contributed by atoms with E-state index in [9.17, 15) is 4.79 Å². The number of carbonyl (C=O) groups is 1. The Hall–Kier alpha value is -2.13. The summed E-state index contributed by atoms with van der Waals surface area (Å²) >= 11 is 0. The minimum atomic E-state index is -0.186. The van der Waals surface area contributed by atoms with Crippen LogP contribution >= 0.6 is 0 Å². The number of nitrogens with two attached hydrogens (primary N) is 2. The molecule has 0 saturated heterocycles. The van der Waals surface area contributed by atoms with Crippen LogP contribution in [0.15, 0.2) is 65.0 Å². The lowest BCUT2D eigenvalue weighted by Crippen LogP contribution is -2.40. The quantitative estimate of drug-likeness (QED) is 0.624. The van der Waals surface area contributed by atoms with Crippen molar-refractivity contribution in [3.8, 4) is 0 Å². The van der Waals surface area contributed by atoms with Crippen LogP contribution in [-0.2, 0) is 4.79 Å².